The van der Waals surface area contributed by atoms with E-state index in [9.17, 15) is 14.9 Å². The van der Waals surface area contributed by atoms with Gasteiger partial charge in [-0.15, -0.1) is 0 Å². The van der Waals surface area contributed by atoms with Crippen LogP contribution in [0.1, 0.15) is 10.5 Å². The van der Waals surface area contributed by atoms with Crippen molar-refractivity contribution >= 4 is 46.2 Å². The second kappa shape index (κ2) is 6.27. The molecule has 0 amide bonds. The monoisotopic (exact) mass is 356 g/mol. The highest BCUT2D eigenvalue weighted by atomic mass is 35.5. The van der Waals surface area contributed by atoms with Gasteiger partial charge in [0.05, 0.1) is 34.1 Å². The van der Waals surface area contributed by atoms with Gasteiger partial charge in [0.15, 0.2) is 5.69 Å². The maximum Gasteiger partial charge on any atom is 0.358 e. The summed E-state index contributed by atoms with van der Waals surface area (Å²) in [5, 5.41) is 10.6. The molecule has 0 aliphatic heterocycles. The number of nitro groups is 1. The Morgan fingerprint density at radius 1 is 1.30 bits per heavy atom. The van der Waals surface area contributed by atoms with Crippen LogP contribution >= 0.6 is 23.2 Å². The number of nitrogens with two attached hydrogens (primary N) is 2. The van der Waals surface area contributed by atoms with Crippen molar-refractivity contribution in [3.63, 3.8) is 0 Å². The minimum absolute atomic E-state index is 0.0628. The molecule has 120 valence electrons. The van der Waals surface area contributed by atoms with Gasteiger partial charge in [-0.25, -0.2) is 9.78 Å². The molecule has 1 heterocycles. The summed E-state index contributed by atoms with van der Waals surface area (Å²) in [4.78, 5) is 25.9. The van der Waals surface area contributed by atoms with Crippen LogP contribution in [-0.4, -0.2) is 23.0 Å². The van der Waals surface area contributed by atoms with Gasteiger partial charge in [0.25, 0.3) is 5.69 Å². The van der Waals surface area contributed by atoms with Gasteiger partial charge in [-0.2, -0.15) is 0 Å². The molecule has 0 radical (unpaired) electrons. The number of hydrogen-bond donors (Lipinski definition) is 2. The number of nitrogen functional groups attached to an aromatic ring is 2. The largest absolute Gasteiger partial charge is 0.464 e. The average molecular weight is 357 g/mol. The van der Waals surface area contributed by atoms with Crippen molar-refractivity contribution in [3.8, 4) is 11.3 Å². The molecular formula is C13H10Cl2N4O4. The van der Waals surface area contributed by atoms with Gasteiger partial charge in [-0.1, -0.05) is 23.2 Å². The number of nitro benzene ring substituents is 1. The van der Waals surface area contributed by atoms with Crippen molar-refractivity contribution in [2.75, 3.05) is 18.6 Å². The normalized spacial score (nSPS) is 10.4. The number of halogens is 2. The topological polar surface area (TPSA) is 134 Å². The number of benzene rings is 1. The predicted octanol–water partition coefficient (Wildman–Crippen LogP) is 2.91. The first-order valence-electron chi connectivity index (χ1n) is 6.05. The van der Waals surface area contributed by atoms with Crippen LogP contribution in [0.15, 0.2) is 18.2 Å². The third kappa shape index (κ3) is 2.99. The molecule has 0 atom stereocenters. The van der Waals surface area contributed by atoms with Crippen LogP contribution in [-0.2, 0) is 4.74 Å². The van der Waals surface area contributed by atoms with E-state index in [-0.39, 0.29) is 44.1 Å². The Morgan fingerprint density at radius 2 is 1.96 bits per heavy atom. The fourth-order valence-corrected chi connectivity index (χ4v) is 2.27. The highest BCUT2D eigenvalue weighted by molar-refractivity contribution is 6.36. The van der Waals surface area contributed by atoms with Crippen LogP contribution < -0.4 is 11.5 Å². The van der Waals surface area contributed by atoms with E-state index < -0.39 is 10.9 Å². The molecule has 0 bridgehead atoms. The molecule has 0 aliphatic carbocycles. The van der Waals surface area contributed by atoms with Crippen LogP contribution in [0.2, 0.25) is 10.0 Å². The molecule has 2 rings (SSSR count). The van der Waals surface area contributed by atoms with Crippen molar-refractivity contribution in [1.29, 1.82) is 0 Å². The molecule has 0 saturated carbocycles. The maximum absolute atomic E-state index is 11.7. The lowest BCUT2D eigenvalue weighted by atomic mass is 10.1. The molecule has 0 saturated heterocycles. The van der Waals surface area contributed by atoms with E-state index in [1.165, 1.54) is 25.3 Å². The predicted molar refractivity (Wildman–Crippen MR) is 86.5 cm³/mol. The Balaban J connectivity index is 2.68. The van der Waals surface area contributed by atoms with Crippen LogP contribution in [0.4, 0.5) is 17.1 Å². The molecule has 0 unspecified atom stereocenters. The first-order chi connectivity index (χ1) is 10.8. The van der Waals surface area contributed by atoms with Crippen molar-refractivity contribution < 1.29 is 14.5 Å². The smallest absolute Gasteiger partial charge is 0.358 e. The van der Waals surface area contributed by atoms with Gasteiger partial charge in [-0.3, -0.25) is 10.1 Å². The van der Waals surface area contributed by atoms with Crippen LogP contribution in [0, 0.1) is 10.1 Å². The fraction of sp³-hybridized carbons (Fsp3) is 0.0769. The van der Waals surface area contributed by atoms with Gasteiger partial charge >= 0.3 is 5.97 Å². The molecule has 2 aromatic rings. The molecule has 0 fully saturated rings. The van der Waals surface area contributed by atoms with E-state index in [4.69, 9.17) is 34.7 Å². The minimum Gasteiger partial charge on any atom is -0.464 e. The summed E-state index contributed by atoms with van der Waals surface area (Å²) in [6, 6.07) is 3.91. The molecule has 4 N–H and O–H groups in total. The third-order valence-electron chi connectivity index (χ3n) is 3.00. The number of nitrogens with zero attached hydrogens (tertiary/aromatic N) is 2. The van der Waals surface area contributed by atoms with E-state index in [0.29, 0.717) is 0 Å². The number of pyridine rings is 1. The Morgan fingerprint density at radius 3 is 2.52 bits per heavy atom. The molecule has 0 aliphatic rings. The lowest BCUT2D eigenvalue weighted by Gasteiger charge is -2.11. The Kier molecular flexibility index (Phi) is 4.57. The van der Waals surface area contributed by atoms with Crippen molar-refractivity contribution in [2.45, 2.75) is 0 Å². The number of carbonyl (C=O) groups is 1. The summed E-state index contributed by atoms with van der Waals surface area (Å²) in [5.41, 5.74) is 11.5. The van der Waals surface area contributed by atoms with Gasteiger partial charge in [-0.05, 0) is 12.1 Å². The van der Waals surface area contributed by atoms with Crippen LogP contribution in [0.25, 0.3) is 11.3 Å². The number of esters is 1. The molecule has 0 spiro atoms. The molecular weight excluding hydrogens is 347 g/mol. The van der Waals surface area contributed by atoms with E-state index in [1.54, 1.807) is 0 Å². The van der Waals surface area contributed by atoms with Gasteiger partial charge in [0, 0.05) is 11.6 Å². The summed E-state index contributed by atoms with van der Waals surface area (Å²) in [6.45, 7) is 0. The van der Waals surface area contributed by atoms with Gasteiger partial charge in [0.1, 0.15) is 5.02 Å². The quantitative estimate of drug-likeness (QED) is 0.373. The number of aromatic nitrogens is 1. The number of anilines is 2. The Labute approximate surface area is 140 Å². The zero-order valence-corrected chi connectivity index (χ0v) is 13.2. The molecule has 1 aromatic carbocycles. The third-order valence-corrected chi connectivity index (χ3v) is 3.79. The number of rotatable bonds is 3. The van der Waals surface area contributed by atoms with E-state index in [0.717, 1.165) is 0 Å². The number of methoxy groups -OCH3 is 1. The first kappa shape index (κ1) is 16.8. The van der Waals surface area contributed by atoms with Gasteiger partial charge in [0.2, 0.25) is 0 Å². The summed E-state index contributed by atoms with van der Waals surface area (Å²) >= 11 is 11.8. The number of ether oxygens (including phenoxy) is 1. The highest BCUT2D eigenvalue weighted by Crippen LogP contribution is 2.38. The van der Waals surface area contributed by atoms with E-state index in [2.05, 4.69) is 9.72 Å². The summed E-state index contributed by atoms with van der Waals surface area (Å²) < 4.78 is 4.58. The zero-order chi connectivity index (χ0) is 17.3. The second-order valence-electron chi connectivity index (χ2n) is 4.37. The average Bonchev–Trinajstić information content (AvgIpc) is 2.51. The molecule has 10 heteroatoms. The second-order valence-corrected chi connectivity index (χ2v) is 5.12. The van der Waals surface area contributed by atoms with E-state index >= 15 is 0 Å². The first-order valence-corrected chi connectivity index (χ1v) is 6.80. The summed E-state index contributed by atoms with van der Waals surface area (Å²) in [7, 11) is 1.17. The zero-order valence-electron chi connectivity index (χ0n) is 11.7. The van der Waals surface area contributed by atoms with Crippen LogP contribution in [0.5, 0.6) is 0 Å². The maximum atomic E-state index is 11.7. The fourth-order valence-electron chi connectivity index (χ4n) is 1.86. The van der Waals surface area contributed by atoms with Crippen LogP contribution in [0.3, 0.4) is 0 Å². The summed E-state index contributed by atoms with van der Waals surface area (Å²) in [5.74, 6) is -0.782. The highest BCUT2D eigenvalue weighted by Gasteiger charge is 2.22. The number of carbonyl (C=O) groups excluding carboxylic acids is 1. The molecule has 1 aromatic heterocycles. The molecule has 8 nitrogen and oxygen atoms in total. The Hall–Kier alpha value is -2.58. The summed E-state index contributed by atoms with van der Waals surface area (Å²) in [6.07, 6.45) is 0. The van der Waals surface area contributed by atoms with Crippen molar-refractivity contribution in [1.82, 2.24) is 4.98 Å². The van der Waals surface area contributed by atoms with Crippen molar-refractivity contribution in [2.24, 2.45) is 0 Å². The molecule has 23 heavy (non-hydrogen) atoms. The Bertz CT molecular complexity index is 826. The standard InChI is InChI=1S/C13H10Cl2N4O4/c1-23-13(20)12-9(14)6(16)4-7(18-12)5-2-3-8(19(21)22)10(15)11(5)17/h2-4H,17H2,1H3,(H2,16,18). The number of hydrogen-bond acceptors (Lipinski definition) is 7. The van der Waals surface area contributed by atoms with Crippen molar-refractivity contribution in [3.05, 3.63) is 44.1 Å². The van der Waals surface area contributed by atoms with Gasteiger partial charge < -0.3 is 16.2 Å². The lowest BCUT2D eigenvalue weighted by Crippen LogP contribution is -2.08. The lowest BCUT2D eigenvalue weighted by molar-refractivity contribution is -0.384. The van der Waals surface area contributed by atoms with E-state index in [1.807, 2.05) is 0 Å². The SMILES string of the molecule is COC(=O)c1nc(-c2ccc([N+](=O)[O-])c(Cl)c2N)cc(N)c1Cl. The minimum atomic E-state index is -0.782.